The van der Waals surface area contributed by atoms with Gasteiger partial charge in [-0.25, -0.2) is 4.79 Å². The zero-order valence-corrected chi connectivity index (χ0v) is 20.1. The number of hydrogen-bond donors (Lipinski definition) is 2. The highest BCUT2D eigenvalue weighted by Gasteiger charge is 2.41. The number of rotatable bonds is 7. The number of hydrogen-bond acceptors (Lipinski definition) is 6. The zero-order chi connectivity index (χ0) is 26.8. The molecule has 3 atom stereocenters. The summed E-state index contributed by atoms with van der Waals surface area (Å²) in [6.07, 6.45) is -1.32. The van der Waals surface area contributed by atoms with Gasteiger partial charge >= 0.3 is 23.4 Å². The number of halogens is 4. The molecule has 3 rings (SSSR count). The predicted octanol–water partition coefficient (Wildman–Crippen LogP) is 4.20. The molecule has 0 bridgehead atoms. The summed E-state index contributed by atoms with van der Waals surface area (Å²) >= 11 is 5.98. The van der Waals surface area contributed by atoms with E-state index in [1.54, 1.807) is 24.0 Å². The Hall–Kier alpha value is -3.16. The van der Waals surface area contributed by atoms with Crippen LogP contribution in [-0.2, 0) is 12.7 Å². The van der Waals surface area contributed by atoms with Gasteiger partial charge in [-0.1, -0.05) is 24.3 Å². The largest absolute Gasteiger partial charge is 0.465 e. The standard InChI is InChI=1S/C22H25ClF3N5O5/c1-3-4-16-18(14-5-7-15(8-6-14)22(24,25)26)28(9-10-30(16)20(32)33)12-21(2,34)13-29-11-17(31(35)36)27-19(29)23/h3-8,11,16,18,34H,9-10,12-13H2,1-2H3,(H,32,33)/t16-,18?,21?/m0/s1. The van der Waals surface area contributed by atoms with Crippen LogP contribution in [0, 0.1) is 10.1 Å². The molecule has 10 nitrogen and oxygen atoms in total. The Morgan fingerprint density at radius 1 is 1.28 bits per heavy atom. The first-order valence-corrected chi connectivity index (χ1v) is 11.2. The van der Waals surface area contributed by atoms with Gasteiger partial charge in [-0.3, -0.25) is 14.4 Å². The number of β-amino-alcohol motifs (C(OH)–C–C–N with tert-alkyl or cyclic N) is 1. The Labute approximate surface area is 209 Å². The fraction of sp³-hybridized carbons (Fsp3) is 0.455. The number of amides is 1. The summed E-state index contributed by atoms with van der Waals surface area (Å²) in [5.74, 6) is -0.485. The molecule has 2 heterocycles. The molecule has 1 fully saturated rings. The SMILES string of the molecule is CC=C[C@H]1C(c2ccc(C(F)(F)F)cc2)N(CC(C)(O)Cn2cc([N+](=O)[O-])nc2Cl)CCN1C(=O)O. The Kier molecular flexibility index (Phi) is 7.96. The molecule has 0 radical (unpaired) electrons. The van der Waals surface area contributed by atoms with E-state index >= 15 is 0 Å². The Morgan fingerprint density at radius 2 is 1.92 bits per heavy atom. The lowest BCUT2D eigenvalue weighted by Gasteiger charge is -2.47. The number of nitro groups is 1. The summed E-state index contributed by atoms with van der Waals surface area (Å²) in [7, 11) is 0. The highest BCUT2D eigenvalue weighted by molar-refractivity contribution is 6.28. The van der Waals surface area contributed by atoms with E-state index in [1.807, 2.05) is 0 Å². The first kappa shape index (κ1) is 27.4. The van der Waals surface area contributed by atoms with Gasteiger partial charge in [0.2, 0.25) is 0 Å². The van der Waals surface area contributed by atoms with E-state index < -0.39 is 46.3 Å². The lowest BCUT2D eigenvalue weighted by Crippen LogP contribution is -2.58. The number of piperazine rings is 1. The molecular weight excluding hydrogens is 507 g/mol. The molecule has 36 heavy (non-hydrogen) atoms. The summed E-state index contributed by atoms with van der Waals surface area (Å²) in [5, 5.41) is 31.7. The molecule has 1 aromatic carbocycles. The minimum Gasteiger partial charge on any atom is -0.465 e. The van der Waals surface area contributed by atoms with Crippen LogP contribution in [0.15, 0.2) is 42.6 Å². The lowest BCUT2D eigenvalue weighted by atomic mass is 9.91. The Balaban J connectivity index is 1.96. The molecular formula is C22H25ClF3N5O5. The number of aliphatic hydroxyl groups is 1. The Bertz CT molecular complexity index is 1140. The van der Waals surface area contributed by atoms with Crippen LogP contribution in [0.5, 0.6) is 0 Å². The normalized spacial score (nSPS) is 21.0. The van der Waals surface area contributed by atoms with Gasteiger partial charge in [0.15, 0.2) is 0 Å². The van der Waals surface area contributed by atoms with E-state index in [-0.39, 0.29) is 31.5 Å². The van der Waals surface area contributed by atoms with Crippen molar-refractivity contribution >= 4 is 23.5 Å². The first-order valence-electron chi connectivity index (χ1n) is 10.9. The molecule has 1 aliphatic rings. The Morgan fingerprint density at radius 3 is 2.42 bits per heavy atom. The molecule has 0 spiro atoms. The average Bonchev–Trinajstić information content (AvgIpc) is 3.13. The van der Waals surface area contributed by atoms with Gasteiger partial charge in [0.1, 0.15) is 6.20 Å². The summed E-state index contributed by atoms with van der Waals surface area (Å²) in [5.41, 5.74) is -1.92. The molecule has 1 aromatic heterocycles. The van der Waals surface area contributed by atoms with E-state index in [4.69, 9.17) is 11.6 Å². The van der Waals surface area contributed by atoms with Crippen LogP contribution in [0.3, 0.4) is 0 Å². The number of benzene rings is 1. The van der Waals surface area contributed by atoms with Crippen LogP contribution in [-0.4, -0.2) is 71.9 Å². The maximum atomic E-state index is 13.1. The summed E-state index contributed by atoms with van der Waals surface area (Å²) < 4.78 is 40.6. The van der Waals surface area contributed by atoms with Crippen molar-refractivity contribution in [2.45, 2.75) is 44.3 Å². The third-order valence-electron chi connectivity index (χ3n) is 5.88. The highest BCUT2D eigenvalue weighted by atomic mass is 35.5. The highest BCUT2D eigenvalue weighted by Crippen LogP contribution is 2.36. The van der Waals surface area contributed by atoms with Gasteiger partial charge in [-0.2, -0.15) is 13.2 Å². The number of carboxylic acid groups (broad SMARTS) is 1. The van der Waals surface area contributed by atoms with Gasteiger partial charge < -0.3 is 20.3 Å². The number of carbonyl (C=O) groups is 1. The number of aromatic nitrogens is 2. The quantitative estimate of drug-likeness (QED) is 0.312. The van der Waals surface area contributed by atoms with Crippen molar-refractivity contribution in [1.29, 1.82) is 0 Å². The average molecular weight is 532 g/mol. The summed E-state index contributed by atoms with van der Waals surface area (Å²) in [6.45, 7) is 3.25. The minimum atomic E-state index is -4.53. The van der Waals surface area contributed by atoms with Crippen LogP contribution in [0.25, 0.3) is 0 Å². The van der Waals surface area contributed by atoms with Crippen molar-refractivity contribution in [1.82, 2.24) is 19.4 Å². The zero-order valence-electron chi connectivity index (χ0n) is 19.4. The number of imidazole rings is 1. The van der Waals surface area contributed by atoms with Crippen molar-refractivity contribution in [3.8, 4) is 0 Å². The molecule has 1 saturated heterocycles. The maximum absolute atomic E-state index is 13.1. The van der Waals surface area contributed by atoms with E-state index in [2.05, 4.69) is 4.98 Å². The molecule has 14 heteroatoms. The van der Waals surface area contributed by atoms with Gasteiger partial charge in [0.25, 0.3) is 0 Å². The molecule has 2 N–H and O–H groups in total. The lowest BCUT2D eigenvalue weighted by molar-refractivity contribution is -0.389. The summed E-state index contributed by atoms with van der Waals surface area (Å²) in [4.78, 5) is 28.8. The van der Waals surface area contributed by atoms with Gasteiger partial charge in [-0.05, 0) is 53.1 Å². The van der Waals surface area contributed by atoms with E-state index in [1.165, 1.54) is 28.5 Å². The third kappa shape index (κ3) is 6.15. The maximum Gasteiger partial charge on any atom is 0.416 e. The van der Waals surface area contributed by atoms with Crippen LogP contribution in [0.1, 0.15) is 31.0 Å². The van der Waals surface area contributed by atoms with E-state index in [0.717, 1.165) is 18.3 Å². The molecule has 1 amide bonds. The molecule has 0 saturated carbocycles. The molecule has 1 aliphatic heterocycles. The molecule has 2 unspecified atom stereocenters. The summed E-state index contributed by atoms with van der Waals surface area (Å²) in [6, 6.07) is 3.00. The van der Waals surface area contributed by atoms with Crippen LogP contribution < -0.4 is 0 Å². The third-order valence-corrected chi connectivity index (χ3v) is 6.18. The van der Waals surface area contributed by atoms with E-state index in [9.17, 15) is 38.3 Å². The van der Waals surface area contributed by atoms with Crippen molar-refractivity contribution < 1.29 is 33.1 Å². The second-order valence-corrected chi connectivity index (χ2v) is 9.12. The van der Waals surface area contributed by atoms with Crippen molar-refractivity contribution in [3.05, 3.63) is 69.1 Å². The molecule has 2 aromatic rings. The van der Waals surface area contributed by atoms with Gasteiger partial charge in [0, 0.05) is 19.6 Å². The minimum absolute atomic E-state index is 0.0392. The monoisotopic (exact) mass is 531 g/mol. The first-order chi connectivity index (χ1) is 16.7. The fourth-order valence-electron chi connectivity index (χ4n) is 4.43. The molecule has 196 valence electrons. The number of alkyl halides is 3. The molecule has 0 aliphatic carbocycles. The second-order valence-electron chi connectivity index (χ2n) is 8.78. The predicted molar refractivity (Wildman–Crippen MR) is 124 cm³/mol. The van der Waals surface area contributed by atoms with Crippen molar-refractivity contribution in [2.75, 3.05) is 19.6 Å². The van der Waals surface area contributed by atoms with Crippen molar-refractivity contribution in [2.24, 2.45) is 0 Å². The topological polar surface area (TPSA) is 125 Å². The van der Waals surface area contributed by atoms with Crippen LogP contribution in [0.2, 0.25) is 5.28 Å². The smallest absolute Gasteiger partial charge is 0.416 e. The fourth-order valence-corrected chi connectivity index (χ4v) is 4.62. The van der Waals surface area contributed by atoms with E-state index in [0.29, 0.717) is 5.56 Å². The van der Waals surface area contributed by atoms with Crippen molar-refractivity contribution in [3.63, 3.8) is 0 Å². The number of allylic oxidation sites excluding steroid dienone is 1. The second kappa shape index (κ2) is 10.4. The van der Waals surface area contributed by atoms with Crippen LogP contribution in [0.4, 0.5) is 23.8 Å². The number of nitrogens with zero attached hydrogens (tertiary/aromatic N) is 5. The van der Waals surface area contributed by atoms with Gasteiger partial charge in [-0.15, -0.1) is 0 Å². The van der Waals surface area contributed by atoms with Gasteiger partial charge in [0.05, 0.1) is 29.8 Å². The van der Waals surface area contributed by atoms with Crippen LogP contribution >= 0.6 is 11.6 Å².